The topological polar surface area (TPSA) is 98.5 Å². The lowest BCUT2D eigenvalue weighted by molar-refractivity contribution is 0.0383. The van der Waals surface area contributed by atoms with Gasteiger partial charge in [-0.3, -0.25) is 9.59 Å². The number of nitrogens with one attached hydrogen (secondary N) is 1. The van der Waals surface area contributed by atoms with Crippen LogP contribution in [0.1, 0.15) is 49.8 Å². The van der Waals surface area contributed by atoms with Gasteiger partial charge < -0.3 is 15.8 Å². The first-order valence-electron chi connectivity index (χ1n) is 7.31. The fourth-order valence-electron chi connectivity index (χ4n) is 2.13. The second-order valence-corrected chi connectivity index (χ2v) is 6.42. The SMILES string of the molecule is Cc1c(C(=O)OC(C)C)sc(NC(=O)c2ccccc2)c1C(N)=O. The number of carbonyl (C=O) groups excluding carboxylic acids is 3. The molecule has 3 N–H and O–H groups in total. The van der Waals surface area contributed by atoms with E-state index < -0.39 is 11.9 Å². The minimum Gasteiger partial charge on any atom is -0.459 e. The van der Waals surface area contributed by atoms with E-state index in [0.29, 0.717) is 11.1 Å². The normalized spacial score (nSPS) is 10.5. The number of carbonyl (C=O) groups is 3. The van der Waals surface area contributed by atoms with E-state index in [1.54, 1.807) is 51.1 Å². The molecule has 2 amide bonds. The van der Waals surface area contributed by atoms with E-state index in [-0.39, 0.29) is 27.5 Å². The molecule has 126 valence electrons. The Bertz CT molecular complexity index is 781. The van der Waals surface area contributed by atoms with Crippen molar-refractivity contribution in [3.63, 3.8) is 0 Å². The number of benzene rings is 1. The highest BCUT2D eigenvalue weighted by Gasteiger charge is 2.25. The van der Waals surface area contributed by atoms with Gasteiger partial charge in [-0.1, -0.05) is 18.2 Å². The fraction of sp³-hybridized carbons (Fsp3) is 0.235. The van der Waals surface area contributed by atoms with Gasteiger partial charge in [0.05, 0.1) is 11.7 Å². The summed E-state index contributed by atoms with van der Waals surface area (Å²) in [5.41, 5.74) is 6.37. The molecule has 1 aromatic heterocycles. The number of nitrogens with two attached hydrogens (primary N) is 1. The highest BCUT2D eigenvalue weighted by molar-refractivity contribution is 7.18. The average Bonchev–Trinajstić information content (AvgIpc) is 2.84. The number of rotatable bonds is 5. The number of hydrogen-bond donors (Lipinski definition) is 2. The average molecular weight is 346 g/mol. The number of anilines is 1. The third-order valence-electron chi connectivity index (χ3n) is 3.18. The Morgan fingerprint density at radius 2 is 1.79 bits per heavy atom. The molecule has 0 atom stereocenters. The Labute approximate surface area is 143 Å². The van der Waals surface area contributed by atoms with Crippen LogP contribution in [0.4, 0.5) is 5.00 Å². The summed E-state index contributed by atoms with van der Waals surface area (Å²) in [4.78, 5) is 36.4. The van der Waals surface area contributed by atoms with Gasteiger partial charge in [0, 0.05) is 5.56 Å². The van der Waals surface area contributed by atoms with E-state index in [4.69, 9.17) is 10.5 Å². The lowest BCUT2D eigenvalue weighted by atomic mass is 10.1. The molecule has 0 saturated carbocycles. The molecular formula is C17H18N2O4S. The largest absolute Gasteiger partial charge is 0.459 e. The molecule has 0 spiro atoms. The molecule has 0 unspecified atom stereocenters. The van der Waals surface area contributed by atoms with Crippen molar-refractivity contribution < 1.29 is 19.1 Å². The fourth-order valence-corrected chi connectivity index (χ4v) is 3.22. The van der Waals surface area contributed by atoms with E-state index in [1.807, 2.05) is 0 Å². The van der Waals surface area contributed by atoms with Crippen LogP contribution in [0.15, 0.2) is 30.3 Å². The maximum Gasteiger partial charge on any atom is 0.348 e. The van der Waals surface area contributed by atoms with Gasteiger partial charge in [0.15, 0.2) is 0 Å². The first-order valence-corrected chi connectivity index (χ1v) is 8.13. The number of hydrogen-bond acceptors (Lipinski definition) is 5. The van der Waals surface area contributed by atoms with Gasteiger partial charge >= 0.3 is 5.97 Å². The Morgan fingerprint density at radius 3 is 2.33 bits per heavy atom. The van der Waals surface area contributed by atoms with Crippen LogP contribution in [0, 0.1) is 6.92 Å². The molecule has 2 rings (SSSR count). The van der Waals surface area contributed by atoms with E-state index in [0.717, 1.165) is 11.3 Å². The van der Waals surface area contributed by atoms with Gasteiger partial charge in [0.2, 0.25) is 0 Å². The number of thiophene rings is 1. The molecule has 0 bridgehead atoms. The van der Waals surface area contributed by atoms with Crippen molar-refractivity contribution in [1.82, 2.24) is 0 Å². The summed E-state index contributed by atoms with van der Waals surface area (Å²) < 4.78 is 5.16. The van der Waals surface area contributed by atoms with Gasteiger partial charge in [0.25, 0.3) is 11.8 Å². The molecule has 0 fully saturated rings. The summed E-state index contributed by atoms with van der Waals surface area (Å²) in [5, 5.41) is 2.89. The summed E-state index contributed by atoms with van der Waals surface area (Å²) >= 11 is 0.980. The van der Waals surface area contributed by atoms with Gasteiger partial charge in [0.1, 0.15) is 9.88 Å². The maximum absolute atomic E-state index is 12.3. The zero-order valence-corrected chi connectivity index (χ0v) is 14.4. The number of amides is 2. The minimum atomic E-state index is -0.712. The molecule has 0 aliphatic carbocycles. The summed E-state index contributed by atoms with van der Waals surface area (Å²) in [5.74, 6) is -1.64. The van der Waals surface area contributed by atoms with Crippen LogP contribution in [0.2, 0.25) is 0 Å². The number of primary amides is 1. The molecule has 0 aliphatic rings. The van der Waals surface area contributed by atoms with Crippen molar-refractivity contribution in [2.45, 2.75) is 26.9 Å². The lowest BCUT2D eigenvalue weighted by Crippen LogP contribution is -2.17. The van der Waals surface area contributed by atoms with Crippen LogP contribution >= 0.6 is 11.3 Å². The van der Waals surface area contributed by atoms with E-state index in [1.165, 1.54) is 0 Å². The summed E-state index contributed by atoms with van der Waals surface area (Å²) in [6, 6.07) is 8.55. The van der Waals surface area contributed by atoms with E-state index >= 15 is 0 Å². The van der Waals surface area contributed by atoms with Crippen LogP contribution in [0.25, 0.3) is 0 Å². The Balaban J connectivity index is 2.37. The van der Waals surface area contributed by atoms with Crippen molar-refractivity contribution in [3.05, 3.63) is 51.9 Å². The third kappa shape index (κ3) is 3.80. The van der Waals surface area contributed by atoms with Crippen molar-refractivity contribution in [3.8, 4) is 0 Å². The van der Waals surface area contributed by atoms with Gasteiger partial charge in [-0.15, -0.1) is 11.3 Å². The molecule has 0 aliphatic heterocycles. The first-order chi connectivity index (χ1) is 11.3. The molecule has 1 heterocycles. The zero-order valence-electron chi connectivity index (χ0n) is 13.6. The molecule has 0 radical (unpaired) electrons. The van der Waals surface area contributed by atoms with Gasteiger partial charge in [-0.05, 0) is 38.5 Å². The Kier molecular flexibility index (Phi) is 5.35. The quantitative estimate of drug-likeness (QED) is 0.813. The van der Waals surface area contributed by atoms with E-state index in [2.05, 4.69) is 5.32 Å². The monoisotopic (exact) mass is 346 g/mol. The zero-order chi connectivity index (χ0) is 17.9. The lowest BCUT2D eigenvalue weighted by Gasteiger charge is -2.06. The summed E-state index contributed by atoms with van der Waals surface area (Å²) in [6.45, 7) is 5.06. The molecule has 0 saturated heterocycles. The predicted molar refractivity (Wildman–Crippen MR) is 92.5 cm³/mol. The second-order valence-electron chi connectivity index (χ2n) is 5.40. The Hall–Kier alpha value is -2.67. The van der Waals surface area contributed by atoms with Crippen LogP contribution < -0.4 is 11.1 Å². The highest BCUT2D eigenvalue weighted by Crippen LogP contribution is 2.33. The van der Waals surface area contributed by atoms with Crippen molar-refractivity contribution in [2.24, 2.45) is 5.73 Å². The third-order valence-corrected chi connectivity index (χ3v) is 4.37. The van der Waals surface area contributed by atoms with Gasteiger partial charge in [-0.25, -0.2) is 4.79 Å². The molecule has 7 heteroatoms. The van der Waals surface area contributed by atoms with Crippen molar-refractivity contribution >= 4 is 34.1 Å². The van der Waals surface area contributed by atoms with Crippen molar-refractivity contribution in [2.75, 3.05) is 5.32 Å². The van der Waals surface area contributed by atoms with Crippen LogP contribution in [-0.4, -0.2) is 23.9 Å². The predicted octanol–water partition coefficient (Wildman–Crippen LogP) is 2.97. The number of esters is 1. The maximum atomic E-state index is 12.3. The van der Waals surface area contributed by atoms with Crippen LogP contribution in [0.5, 0.6) is 0 Å². The standard InChI is InChI=1S/C17H18N2O4S/c1-9(2)23-17(22)13-10(3)12(14(18)20)16(24-13)19-15(21)11-7-5-4-6-8-11/h4-9H,1-3H3,(H2,18,20)(H,19,21). The molecule has 6 nitrogen and oxygen atoms in total. The molecule has 1 aromatic carbocycles. The van der Waals surface area contributed by atoms with Crippen molar-refractivity contribution in [1.29, 1.82) is 0 Å². The summed E-state index contributed by atoms with van der Waals surface area (Å²) in [6.07, 6.45) is -0.293. The van der Waals surface area contributed by atoms with Crippen LogP contribution in [-0.2, 0) is 4.74 Å². The smallest absolute Gasteiger partial charge is 0.348 e. The van der Waals surface area contributed by atoms with Crippen LogP contribution in [0.3, 0.4) is 0 Å². The second kappa shape index (κ2) is 7.27. The molecule has 24 heavy (non-hydrogen) atoms. The summed E-state index contributed by atoms with van der Waals surface area (Å²) in [7, 11) is 0. The Morgan fingerprint density at radius 1 is 1.17 bits per heavy atom. The molecular weight excluding hydrogens is 328 g/mol. The van der Waals surface area contributed by atoms with Gasteiger partial charge in [-0.2, -0.15) is 0 Å². The van der Waals surface area contributed by atoms with E-state index in [9.17, 15) is 14.4 Å². The first kappa shape index (κ1) is 17.7. The highest BCUT2D eigenvalue weighted by atomic mass is 32.1. The molecule has 2 aromatic rings. The number of ether oxygens (including phenoxy) is 1. The minimum absolute atomic E-state index is 0.125.